The third-order valence-electron chi connectivity index (χ3n) is 5.21. The number of ether oxygens (including phenoxy) is 1. The van der Waals surface area contributed by atoms with Crippen molar-refractivity contribution in [1.82, 2.24) is 4.98 Å². The summed E-state index contributed by atoms with van der Waals surface area (Å²) in [6.45, 7) is 6.50. The maximum atomic E-state index is 13.1. The van der Waals surface area contributed by atoms with Crippen LogP contribution in [0.4, 0.5) is 0 Å². The van der Waals surface area contributed by atoms with Crippen molar-refractivity contribution in [3.05, 3.63) is 64.8 Å². The summed E-state index contributed by atoms with van der Waals surface area (Å²) in [5.41, 5.74) is 3.24. The molecule has 2 aromatic carbocycles. The number of fused-ring (bicyclic) bond motifs is 2. The molecule has 0 saturated heterocycles. The molecule has 1 aliphatic carbocycles. The van der Waals surface area contributed by atoms with E-state index in [9.17, 15) is 9.59 Å². The van der Waals surface area contributed by atoms with Crippen molar-refractivity contribution in [3.8, 4) is 5.75 Å². The van der Waals surface area contributed by atoms with Crippen LogP contribution in [-0.4, -0.2) is 31.0 Å². The molecule has 0 fully saturated rings. The highest BCUT2D eigenvalue weighted by Crippen LogP contribution is 2.37. The molecule has 1 aromatic heterocycles. The number of pyridine rings is 1. The van der Waals surface area contributed by atoms with Crippen molar-refractivity contribution in [2.24, 2.45) is 0 Å². The number of carbonyl (C=O) groups excluding carboxylic acids is 2. The van der Waals surface area contributed by atoms with E-state index >= 15 is 0 Å². The summed E-state index contributed by atoms with van der Waals surface area (Å²) in [5.74, 6) is -0.786. The molecule has 2 radical (unpaired) electrons. The highest BCUT2D eigenvalue weighted by molar-refractivity contribution is 6.43. The van der Waals surface area contributed by atoms with E-state index in [0.29, 0.717) is 29.4 Å². The second kappa shape index (κ2) is 6.90. The molecule has 28 heavy (non-hydrogen) atoms. The lowest BCUT2D eigenvalue weighted by Crippen LogP contribution is -2.18. The number of hydrogen-bond donors (Lipinski definition) is 0. The van der Waals surface area contributed by atoms with Crippen molar-refractivity contribution >= 4 is 35.8 Å². The molecule has 0 N–H and O–H groups in total. The van der Waals surface area contributed by atoms with Gasteiger partial charge in [-0.15, -0.1) is 0 Å². The number of hydrogen-bond acceptors (Lipinski definition) is 4. The topological polar surface area (TPSA) is 56.3 Å². The molecule has 1 heterocycles. The highest BCUT2D eigenvalue weighted by atomic mass is 16.5. The minimum absolute atomic E-state index is 0.248. The summed E-state index contributed by atoms with van der Waals surface area (Å²) in [6, 6.07) is 13.0. The summed E-state index contributed by atoms with van der Waals surface area (Å²) in [6.07, 6.45) is 0. The first-order valence-corrected chi connectivity index (χ1v) is 9.46. The van der Waals surface area contributed by atoms with Gasteiger partial charge < -0.3 is 4.74 Å². The Kier molecular flexibility index (Phi) is 4.54. The number of benzene rings is 2. The van der Waals surface area contributed by atoms with Gasteiger partial charge in [-0.2, -0.15) is 0 Å². The largest absolute Gasteiger partial charge is 0.493 e. The number of Topliss-reactive ketones (excluding diaryl/α,β-unsaturated/α-hetero) is 2. The van der Waals surface area contributed by atoms with Crippen LogP contribution in [0.5, 0.6) is 5.75 Å². The Morgan fingerprint density at radius 2 is 1.79 bits per heavy atom. The second-order valence-electron chi connectivity index (χ2n) is 7.34. The molecule has 0 amide bonds. The van der Waals surface area contributed by atoms with E-state index in [1.807, 2.05) is 25.1 Å². The van der Waals surface area contributed by atoms with Crippen LogP contribution in [0.1, 0.15) is 64.6 Å². The highest BCUT2D eigenvalue weighted by Gasteiger charge is 2.43. The average Bonchev–Trinajstić information content (AvgIpc) is 2.95. The van der Waals surface area contributed by atoms with Crippen LogP contribution >= 0.6 is 0 Å². The van der Waals surface area contributed by atoms with Crippen molar-refractivity contribution in [2.45, 2.75) is 32.6 Å². The quantitative estimate of drug-likeness (QED) is 0.520. The lowest BCUT2D eigenvalue weighted by molar-refractivity contribution is 0.0887. The van der Waals surface area contributed by atoms with Gasteiger partial charge in [0.2, 0.25) is 0 Å². The molecule has 0 saturated carbocycles. The van der Waals surface area contributed by atoms with Gasteiger partial charge >= 0.3 is 0 Å². The van der Waals surface area contributed by atoms with Crippen LogP contribution in [0.2, 0.25) is 0 Å². The van der Waals surface area contributed by atoms with Crippen LogP contribution < -0.4 is 10.2 Å². The van der Waals surface area contributed by atoms with Gasteiger partial charge in [0, 0.05) is 10.9 Å². The molecule has 4 nitrogen and oxygen atoms in total. The summed E-state index contributed by atoms with van der Waals surface area (Å²) in [4.78, 5) is 30.8. The SMILES string of the molecule is [B]c1ccc(OCC)c2c1C(=O)C(c1ccc3cc(C(C)C)ccc3n1)C2=O. The van der Waals surface area contributed by atoms with Crippen molar-refractivity contribution < 1.29 is 14.3 Å². The Labute approximate surface area is 165 Å². The third-order valence-corrected chi connectivity index (χ3v) is 5.21. The summed E-state index contributed by atoms with van der Waals surface area (Å²) >= 11 is 0. The van der Waals surface area contributed by atoms with Crippen LogP contribution in [0.3, 0.4) is 0 Å². The smallest absolute Gasteiger partial charge is 0.184 e. The molecule has 138 valence electrons. The first-order valence-electron chi connectivity index (χ1n) is 9.46. The standard InChI is InChI=1S/C23H20BNO3/c1-4-28-18-10-7-15(24)19-21(18)23(27)20(22(19)26)17-9-6-14-11-13(12(2)3)5-8-16(14)25-17/h5-12,20H,4H2,1-3H3. The Morgan fingerprint density at radius 1 is 1.04 bits per heavy atom. The van der Waals surface area contributed by atoms with E-state index in [1.165, 1.54) is 5.56 Å². The Balaban J connectivity index is 1.80. The zero-order valence-electron chi connectivity index (χ0n) is 16.2. The van der Waals surface area contributed by atoms with Gasteiger partial charge in [-0.1, -0.05) is 37.5 Å². The maximum absolute atomic E-state index is 13.1. The lowest BCUT2D eigenvalue weighted by atomic mass is 9.87. The number of nitrogens with zero attached hydrogens (tertiary/aromatic N) is 1. The fraction of sp³-hybridized carbons (Fsp3) is 0.261. The zero-order chi connectivity index (χ0) is 20.0. The van der Waals surface area contributed by atoms with Gasteiger partial charge in [0.05, 0.1) is 23.4 Å². The van der Waals surface area contributed by atoms with E-state index in [0.717, 1.165) is 10.9 Å². The lowest BCUT2D eigenvalue weighted by Gasteiger charge is -2.10. The van der Waals surface area contributed by atoms with E-state index < -0.39 is 5.92 Å². The average molecular weight is 369 g/mol. The second-order valence-corrected chi connectivity index (χ2v) is 7.34. The van der Waals surface area contributed by atoms with Crippen LogP contribution in [0, 0.1) is 0 Å². The van der Waals surface area contributed by atoms with Gasteiger partial charge in [-0.05, 0) is 42.7 Å². The summed E-state index contributed by atoms with van der Waals surface area (Å²) < 4.78 is 5.56. The number of aromatic nitrogens is 1. The fourth-order valence-electron chi connectivity index (χ4n) is 3.74. The molecule has 1 aliphatic rings. The predicted octanol–water partition coefficient (Wildman–Crippen LogP) is 3.71. The van der Waals surface area contributed by atoms with Crippen molar-refractivity contribution in [1.29, 1.82) is 0 Å². The van der Waals surface area contributed by atoms with Gasteiger partial charge in [-0.3, -0.25) is 14.6 Å². The van der Waals surface area contributed by atoms with Crippen molar-refractivity contribution in [3.63, 3.8) is 0 Å². The van der Waals surface area contributed by atoms with Crippen LogP contribution in [0.15, 0.2) is 42.5 Å². The van der Waals surface area contributed by atoms with Crippen molar-refractivity contribution in [2.75, 3.05) is 6.61 Å². The van der Waals surface area contributed by atoms with Crippen LogP contribution in [0.25, 0.3) is 10.9 Å². The molecule has 0 bridgehead atoms. The minimum Gasteiger partial charge on any atom is -0.493 e. The van der Waals surface area contributed by atoms with E-state index in [-0.39, 0.29) is 22.7 Å². The molecular weight excluding hydrogens is 349 g/mol. The molecule has 3 aromatic rings. The predicted molar refractivity (Wildman–Crippen MR) is 110 cm³/mol. The van der Waals surface area contributed by atoms with E-state index in [4.69, 9.17) is 12.6 Å². The normalized spacial score (nSPS) is 16.1. The molecular formula is C23H20BNO3. The molecule has 0 spiro atoms. The number of carbonyl (C=O) groups is 2. The molecule has 0 aliphatic heterocycles. The molecule has 4 rings (SSSR count). The fourth-order valence-corrected chi connectivity index (χ4v) is 3.74. The van der Waals surface area contributed by atoms with Gasteiger partial charge in [0.15, 0.2) is 11.6 Å². The first kappa shape index (κ1) is 18.4. The van der Waals surface area contributed by atoms with E-state index in [2.05, 4.69) is 24.9 Å². The number of ketones is 2. The monoisotopic (exact) mass is 369 g/mol. The Morgan fingerprint density at radius 3 is 2.50 bits per heavy atom. The maximum Gasteiger partial charge on any atom is 0.184 e. The summed E-state index contributed by atoms with van der Waals surface area (Å²) in [5, 5.41) is 0.986. The van der Waals surface area contributed by atoms with E-state index in [1.54, 1.807) is 18.2 Å². The van der Waals surface area contributed by atoms with Crippen LogP contribution in [-0.2, 0) is 0 Å². The summed E-state index contributed by atoms with van der Waals surface area (Å²) in [7, 11) is 6.02. The first-order chi connectivity index (χ1) is 13.4. The molecule has 5 heteroatoms. The Bertz CT molecular complexity index is 1120. The van der Waals surface area contributed by atoms with Gasteiger partial charge in [0.25, 0.3) is 0 Å². The number of rotatable bonds is 4. The minimum atomic E-state index is -0.979. The molecule has 1 unspecified atom stereocenters. The third kappa shape index (κ3) is 2.82. The Hall–Kier alpha value is -2.95. The van der Waals surface area contributed by atoms with Gasteiger partial charge in [-0.25, -0.2) is 0 Å². The molecule has 1 atom stereocenters. The van der Waals surface area contributed by atoms with Gasteiger partial charge in [0.1, 0.15) is 19.5 Å². The zero-order valence-corrected chi connectivity index (χ0v) is 16.2.